The number of benzene rings is 1. The molecule has 1 aromatic heterocycles. The summed E-state index contributed by atoms with van der Waals surface area (Å²) in [5, 5.41) is 26.7. The highest BCUT2D eigenvalue weighted by Crippen LogP contribution is 2.38. The van der Waals surface area contributed by atoms with Crippen LogP contribution in [0.3, 0.4) is 0 Å². The molecule has 1 aliphatic heterocycles. The number of hydrogen-bond donors (Lipinski definition) is 3. The van der Waals surface area contributed by atoms with Crippen LogP contribution in [0.25, 0.3) is 11.4 Å². The first-order valence-electron chi connectivity index (χ1n) is 9.07. The van der Waals surface area contributed by atoms with Gasteiger partial charge in [0.05, 0.1) is 11.7 Å². The van der Waals surface area contributed by atoms with Crippen molar-refractivity contribution < 1.29 is 14.6 Å². The van der Waals surface area contributed by atoms with E-state index in [-0.39, 0.29) is 6.10 Å². The second kappa shape index (κ2) is 7.03. The van der Waals surface area contributed by atoms with Gasteiger partial charge < -0.3 is 15.2 Å². The zero-order chi connectivity index (χ0) is 18.1. The number of aryl methyl sites for hydroxylation is 1. The van der Waals surface area contributed by atoms with E-state index >= 15 is 0 Å². The molecule has 2 aliphatic rings. The van der Waals surface area contributed by atoms with Crippen LogP contribution >= 0.6 is 0 Å². The highest BCUT2D eigenvalue weighted by Gasteiger charge is 2.38. The maximum absolute atomic E-state index is 11.3. The quantitative estimate of drug-likeness (QED) is 0.764. The van der Waals surface area contributed by atoms with Crippen molar-refractivity contribution >= 4 is 5.97 Å². The molecule has 0 radical (unpaired) electrons. The Kier molecular flexibility index (Phi) is 4.58. The molecule has 2 fully saturated rings. The molecule has 1 saturated heterocycles. The zero-order valence-electron chi connectivity index (χ0n) is 14.7. The zero-order valence-corrected chi connectivity index (χ0v) is 14.7. The number of aromatic nitrogens is 4. The summed E-state index contributed by atoms with van der Waals surface area (Å²) in [5.41, 5.74) is 1.92. The molecule has 4 atom stereocenters. The van der Waals surface area contributed by atoms with Crippen molar-refractivity contribution in [1.82, 2.24) is 25.9 Å². The van der Waals surface area contributed by atoms with Gasteiger partial charge in [-0.25, -0.2) is 0 Å². The average molecular weight is 357 g/mol. The van der Waals surface area contributed by atoms with Crippen LogP contribution in [0.1, 0.15) is 31.2 Å². The molecule has 1 aromatic carbocycles. The normalized spacial score (nSPS) is 28.3. The summed E-state index contributed by atoms with van der Waals surface area (Å²) in [6, 6.07) is 5.51. The number of H-pyrrole nitrogens is 1. The van der Waals surface area contributed by atoms with Crippen molar-refractivity contribution in [1.29, 1.82) is 0 Å². The van der Waals surface area contributed by atoms with Gasteiger partial charge in [-0.05, 0) is 73.9 Å². The number of ether oxygens (including phenoxy) is 1. The van der Waals surface area contributed by atoms with Gasteiger partial charge in [-0.3, -0.25) is 4.79 Å². The SMILES string of the molecule is Cc1ccc(-c2nn[nH]n2)c(O[C@H]2CC[C@H]3CN[C@H](C(=O)O)C[C@H]3C2)c1. The van der Waals surface area contributed by atoms with Crippen molar-refractivity contribution in [3.8, 4) is 17.1 Å². The van der Waals surface area contributed by atoms with E-state index in [2.05, 4.69) is 25.9 Å². The molecule has 4 rings (SSSR count). The predicted molar refractivity (Wildman–Crippen MR) is 93.6 cm³/mol. The second-order valence-corrected chi connectivity index (χ2v) is 7.34. The van der Waals surface area contributed by atoms with Crippen molar-refractivity contribution in [3.63, 3.8) is 0 Å². The molecule has 1 saturated carbocycles. The van der Waals surface area contributed by atoms with Gasteiger partial charge in [-0.1, -0.05) is 6.07 Å². The fraction of sp³-hybridized carbons (Fsp3) is 0.556. The third kappa shape index (κ3) is 3.41. The number of fused-ring (bicyclic) bond motifs is 1. The predicted octanol–water partition coefficient (Wildman–Crippen LogP) is 1.79. The minimum atomic E-state index is -0.760. The molecule has 8 nitrogen and oxygen atoms in total. The maximum Gasteiger partial charge on any atom is 0.320 e. The molecule has 2 heterocycles. The van der Waals surface area contributed by atoms with Crippen LogP contribution in [0.15, 0.2) is 18.2 Å². The van der Waals surface area contributed by atoms with Gasteiger partial charge in [0.25, 0.3) is 0 Å². The Morgan fingerprint density at radius 2 is 2.15 bits per heavy atom. The molecular formula is C18H23N5O3. The lowest BCUT2D eigenvalue weighted by Gasteiger charge is -2.41. The Labute approximate surface area is 151 Å². The third-order valence-electron chi connectivity index (χ3n) is 5.57. The van der Waals surface area contributed by atoms with E-state index in [4.69, 9.17) is 4.74 Å². The second-order valence-electron chi connectivity index (χ2n) is 7.34. The smallest absolute Gasteiger partial charge is 0.320 e. The number of piperidine rings is 1. The van der Waals surface area contributed by atoms with Crippen LogP contribution in [0.4, 0.5) is 0 Å². The summed E-state index contributed by atoms with van der Waals surface area (Å²) in [6.07, 6.45) is 3.66. The van der Waals surface area contributed by atoms with Gasteiger partial charge in [-0.15, -0.1) is 10.2 Å². The number of carboxylic acid groups (broad SMARTS) is 1. The van der Waals surface area contributed by atoms with E-state index < -0.39 is 12.0 Å². The number of nitrogens with one attached hydrogen (secondary N) is 2. The monoisotopic (exact) mass is 357 g/mol. The molecule has 8 heteroatoms. The Bertz CT molecular complexity index is 779. The largest absolute Gasteiger partial charge is 0.490 e. The van der Waals surface area contributed by atoms with Gasteiger partial charge in [0.15, 0.2) is 0 Å². The van der Waals surface area contributed by atoms with E-state index in [1.165, 1.54) is 0 Å². The number of carboxylic acids is 1. The fourth-order valence-electron chi connectivity index (χ4n) is 4.18. The Balaban J connectivity index is 1.50. The molecule has 0 unspecified atom stereocenters. The Morgan fingerprint density at radius 1 is 1.27 bits per heavy atom. The minimum absolute atomic E-state index is 0.0799. The first-order valence-corrected chi connectivity index (χ1v) is 9.07. The molecule has 1 aliphatic carbocycles. The van der Waals surface area contributed by atoms with Crippen molar-refractivity contribution in [2.24, 2.45) is 11.8 Å². The summed E-state index contributed by atoms with van der Waals surface area (Å²) in [4.78, 5) is 11.3. The number of nitrogens with zero attached hydrogens (tertiary/aromatic N) is 3. The van der Waals surface area contributed by atoms with E-state index in [1.54, 1.807) is 0 Å². The lowest BCUT2D eigenvalue weighted by molar-refractivity contribution is -0.141. The van der Waals surface area contributed by atoms with Gasteiger partial charge in [0.1, 0.15) is 11.8 Å². The molecule has 26 heavy (non-hydrogen) atoms. The summed E-state index contributed by atoms with van der Waals surface area (Å²) in [7, 11) is 0. The first-order chi connectivity index (χ1) is 12.6. The van der Waals surface area contributed by atoms with E-state index in [1.807, 2.05) is 25.1 Å². The Morgan fingerprint density at radius 3 is 2.92 bits per heavy atom. The molecule has 138 valence electrons. The van der Waals surface area contributed by atoms with E-state index in [0.717, 1.165) is 42.7 Å². The first kappa shape index (κ1) is 17.0. The number of tetrazole rings is 1. The topological polar surface area (TPSA) is 113 Å². The molecule has 0 bridgehead atoms. The lowest BCUT2D eigenvalue weighted by atomic mass is 9.72. The number of rotatable bonds is 4. The standard InChI is InChI=1S/C18H23N5O3/c1-10-2-5-14(17-20-22-23-21-17)16(6-10)26-13-4-3-11-9-19-15(18(24)25)8-12(11)7-13/h2,5-6,11-13,15,19H,3-4,7-9H2,1H3,(H,24,25)(H,20,21,22,23)/t11-,12+,13-,15-/m0/s1. The van der Waals surface area contributed by atoms with Crippen LogP contribution < -0.4 is 10.1 Å². The van der Waals surface area contributed by atoms with Crippen LogP contribution in [-0.2, 0) is 4.79 Å². The van der Waals surface area contributed by atoms with Gasteiger partial charge >= 0.3 is 5.97 Å². The van der Waals surface area contributed by atoms with E-state index in [9.17, 15) is 9.90 Å². The van der Waals surface area contributed by atoms with Crippen LogP contribution in [0.5, 0.6) is 5.75 Å². The van der Waals surface area contributed by atoms with Crippen LogP contribution in [0, 0.1) is 18.8 Å². The molecule has 0 amide bonds. The summed E-state index contributed by atoms with van der Waals surface area (Å²) >= 11 is 0. The average Bonchev–Trinajstić information content (AvgIpc) is 3.15. The van der Waals surface area contributed by atoms with Crippen molar-refractivity contribution in [3.05, 3.63) is 23.8 Å². The van der Waals surface area contributed by atoms with Gasteiger partial charge in [-0.2, -0.15) is 5.21 Å². The number of hydrogen-bond acceptors (Lipinski definition) is 6. The van der Waals surface area contributed by atoms with E-state index in [0.29, 0.717) is 24.1 Å². The number of aromatic amines is 1. The molecule has 0 spiro atoms. The van der Waals surface area contributed by atoms with Crippen LogP contribution in [0.2, 0.25) is 0 Å². The fourth-order valence-corrected chi connectivity index (χ4v) is 4.18. The van der Waals surface area contributed by atoms with Gasteiger partial charge in [0.2, 0.25) is 5.82 Å². The van der Waals surface area contributed by atoms with Crippen LogP contribution in [-0.4, -0.2) is 50.4 Å². The minimum Gasteiger partial charge on any atom is -0.490 e. The van der Waals surface area contributed by atoms with Crippen molar-refractivity contribution in [2.45, 2.75) is 44.8 Å². The van der Waals surface area contributed by atoms with Gasteiger partial charge in [0, 0.05) is 0 Å². The number of aliphatic carboxylic acids is 1. The summed E-state index contributed by atoms with van der Waals surface area (Å²) in [5.74, 6) is 1.44. The Hall–Kier alpha value is -2.48. The summed E-state index contributed by atoms with van der Waals surface area (Å²) < 4.78 is 6.35. The highest BCUT2D eigenvalue weighted by atomic mass is 16.5. The highest BCUT2D eigenvalue weighted by molar-refractivity contribution is 5.73. The lowest BCUT2D eigenvalue weighted by Crippen LogP contribution is -2.50. The summed E-state index contributed by atoms with van der Waals surface area (Å²) in [6.45, 7) is 2.81. The molecule has 3 N–H and O–H groups in total. The number of carbonyl (C=O) groups is 1. The molecule has 2 aromatic rings. The van der Waals surface area contributed by atoms with Crippen molar-refractivity contribution in [2.75, 3.05) is 6.54 Å². The maximum atomic E-state index is 11.3. The molecular weight excluding hydrogens is 334 g/mol. The third-order valence-corrected chi connectivity index (χ3v) is 5.57.